The number of nitrogens with zero attached hydrogens (tertiary/aromatic N) is 1. The van der Waals surface area contributed by atoms with Crippen LogP contribution < -0.4 is 10.1 Å². The van der Waals surface area contributed by atoms with E-state index in [1.54, 1.807) is 12.3 Å². The molecule has 1 aromatic rings. The molecule has 0 spiro atoms. The van der Waals surface area contributed by atoms with Gasteiger partial charge in [0.1, 0.15) is 0 Å². The van der Waals surface area contributed by atoms with Gasteiger partial charge in [-0.1, -0.05) is 0 Å². The molecule has 1 aromatic heterocycles. The minimum atomic E-state index is -0.849. The Morgan fingerprint density at radius 1 is 1.71 bits per heavy atom. The standard InChI is InChI=1S/C8H7BrN2O3/c9-4-1-5-7(10-2-4)11-8(13)6(3-12)14-5/h1-2,6,12H,3H2,(H,10,11,13). The fourth-order valence-corrected chi connectivity index (χ4v) is 1.44. The molecule has 6 heteroatoms. The van der Waals surface area contributed by atoms with Crippen LogP contribution in [0.1, 0.15) is 0 Å². The van der Waals surface area contributed by atoms with Gasteiger partial charge >= 0.3 is 0 Å². The van der Waals surface area contributed by atoms with Crippen molar-refractivity contribution in [1.29, 1.82) is 0 Å². The zero-order valence-corrected chi connectivity index (χ0v) is 8.61. The molecule has 0 bridgehead atoms. The molecule has 2 rings (SSSR count). The van der Waals surface area contributed by atoms with Crippen molar-refractivity contribution in [3.05, 3.63) is 16.7 Å². The van der Waals surface area contributed by atoms with E-state index >= 15 is 0 Å². The summed E-state index contributed by atoms with van der Waals surface area (Å²) in [6, 6.07) is 1.68. The molecule has 5 nitrogen and oxygen atoms in total. The highest BCUT2D eigenvalue weighted by atomic mass is 79.9. The average molecular weight is 259 g/mol. The Bertz CT molecular complexity index is 383. The van der Waals surface area contributed by atoms with Crippen molar-refractivity contribution in [2.24, 2.45) is 0 Å². The molecule has 0 saturated carbocycles. The highest BCUT2D eigenvalue weighted by Crippen LogP contribution is 2.29. The maximum atomic E-state index is 11.2. The second-order valence-electron chi connectivity index (χ2n) is 2.78. The van der Waals surface area contributed by atoms with Crippen molar-refractivity contribution < 1.29 is 14.6 Å². The summed E-state index contributed by atoms with van der Waals surface area (Å²) in [5, 5.41) is 11.4. The van der Waals surface area contributed by atoms with Crippen molar-refractivity contribution >= 4 is 27.7 Å². The summed E-state index contributed by atoms with van der Waals surface area (Å²) in [5.74, 6) is 0.454. The molecule has 74 valence electrons. The molecule has 0 fully saturated rings. The number of carbonyl (C=O) groups is 1. The zero-order valence-electron chi connectivity index (χ0n) is 7.03. The number of fused-ring (bicyclic) bond motifs is 1. The minimum absolute atomic E-state index is 0.349. The summed E-state index contributed by atoms with van der Waals surface area (Å²) in [6.07, 6.45) is 0.709. The van der Waals surface area contributed by atoms with Crippen LogP contribution in [-0.2, 0) is 4.79 Å². The van der Waals surface area contributed by atoms with Gasteiger partial charge in [-0.3, -0.25) is 4.79 Å². The molecular weight excluding hydrogens is 252 g/mol. The fraction of sp³-hybridized carbons (Fsp3) is 0.250. The molecule has 14 heavy (non-hydrogen) atoms. The van der Waals surface area contributed by atoms with Crippen LogP contribution in [0, 0.1) is 0 Å². The molecule has 2 N–H and O–H groups in total. The Labute approximate surface area is 88.2 Å². The molecule has 1 aliphatic heterocycles. The smallest absolute Gasteiger partial charge is 0.269 e. The molecule has 1 unspecified atom stereocenters. The van der Waals surface area contributed by atoms with Crippen LogP contribution in [0.25, 0.3) is 0 Å². The summed E-state index contributed by atoms with van der Waals surface area (Å²) >= 11 is 3.23. The summed E-state index contributed by atoms with van der Waals surface area (Å²) in [5.41, 5.74) is 0. The number of aromatic nitrogens is 1. The molecule has 2 heterocycles. The van der Waals surface area contributed by atoms with Crippen molar-refractivity contribution in [3.8, 4) is 5.75 Å². The number of amides is 1. The van der Waals surface area contributed by atoms with Gasteiger partial charge in [0, 0.05) is 10.7 Å². The molecule has 0 aromatic carbocycles. The quantitative estimate of drug-likeness (QED) is 0.772. The van der Waals surface area contributed by atoms with Gasteiger partial charge in [0.2, 0.25) is 0 Å². The van der Waals surface area contributed by atoms with E-state index in [1.807, 2.05) is 0 Å². The lowest BCUT2D eigenvalue weighted by Gasteiger charge is -2.23. The summed E-state index contributed by atoms with van der Waals surface area (Å²) in [4.78, 5) is 15.2. The number of carbonyl (C=O) groups excluding carboxylic acids is 1. The first kappa shape index (κ1) is 9.42. The predicted octanol–water partition coefficient (Wildman–Crippen LogP) is 0.536. The van der Waals surface area contributed by atoms with Gasteiger partial charge < -0.3 is 15.2 Å². The Kier molecular flexibility index (Phi) is 2.39. The third-order valence-corrected chi connectivity index (χ3v) is 2.22. The van der Waals surface area contributed by atoms with E-state index in [1.165, 1.54) is 0 Å². The zero-order chi connectivity index (χ0) is 10.1. The maximum Gasteiger partial charge on any atom is 0.269 e. The molecule has 1 atom stereocenters. The Morgan fingerprint density at radius 3 is 3.21 bits per heavy atom. The number of ether oxygens (including phenoxy) is 1. The first-order valence-electron chi connectivity index (χ1n) is 3.94. The molecule has 1 amide bonds. The molecule has 1 aliphatic rings. The third kappa shape index (κ3) is 1.58. The molecule has 0 aliphatic carbocycles. The predicted molar refractivity (Wildman–Crippen MR) is 52.1 cm³/mol. The lowest BCUT2D eigenvalue weighted by atomic mass is 10.3. The topological polar surface area (TPSA) is 71.5 Å². The molecule has 0 radical (unpaired) electrons. The van der Waals surface area contributed by atoms with Gasteiger partial charge in [-0.2, -0.15) is 0 Å². The fourth-order valence-electron chi connectivity index (χ4n) is 1.13. The normalized spacial score (nSPS) is 19.6. The first-order chi connectivity index (χ1) is 6.70. The highest BCUT2D eigenvalue weighted by molar-refractivity contribution is 9.10. The molecular formula is C8H7BrN2O3. The lowest BCUT2D eigenvalue weighted by Crippen LogP contribution is -2.39. The number of rotatable bonds is 1. The van der Waals surface area contributed by atoms with Gasteiger partial charge in [-0.25, -0.2) is 4.98 Å². The summed E-state index contributed by atoms with van der Waals surface area (Å²) in [6.45, 7) is -0.349. The summed E-state index contributed by atoms with van der Waals surface area (Å²) in [7, 11) is 0. The van der Waals surface area contributed by atoms with E-state index in [9.17, 15) is 4.79 Å². The van der Waals surface area contributed by atoms with Crippen molar-refractivity contribution in [2.45, 2.75) is 6.10 Å². The van der Waals surface area contributed by atoms with E-state index in [0.717, 1.165) is 4.47 Å². The number of hydrogen-bond acceptors (Lipinski definition) is 4. The van der Waals surface area contributed by atoms with E-state index < -0.39 is 6.10 Å². The van der Waals surface area contributed by atoms with Crippen LogP contribution >= 0.6 is 15.9 Å². The second kappa shape index (κ2) is 3.55. The Morgan fingerprint density at radius 2 is 2.50 bits per heavy atom. The third-order valence-electron chi connectivity index (χ3n) is 1.79. The molecule has 0 saturated heterocycles. The second-order valence-corrected chi connectivity index (χ2v) is 3.69. The van der Waals surface area contributed by atoms with Gasteiger partial charge in [0.05, 0.1) is 6.61 Å². The Hall–Kier alpha value is -1.14. The number of aliphatic hydroxyl groups excluding tert-OH is 1. The number of pyridine rings is 1. The van der Waals surface area contributed by atoms with Crippen molar-refractivity contribution in [3.63, 3.8) is 0 Å². The van der Waals surface area contributed by atoms with E-state index in [-0.39, 0.29) is 12.5 Å². The van der Waals surface area contributed by atoms with Gasteiger partial charge in [-0.05, 0) is 22.0 Å². The number of aliphatic hydroxyl groups is 1. The number of nitrogens with one attached hydrogen (secondary N) is 1. The van der Waals surface area contributed by atoms with Gasteiger partial charge in [0.15, 0.2) is 17.7 Å². The minimum Gasteiger partial charge on any atom is -0.474 e. The van der Waals surface area contributed by atoms with E-state index in [2.05, 4.69) is 26.2 Å². The Balaban J connectivity index is 2.36. The van der Waals surface area contributed by atoms with E-state index in [0.29, 0.717) is 11.6 Å². The van der Waals surface area contributed by atoms with Gasteiger partial charge in [0.25, 0.3) is 5.91 Å². The van der Waals surface area contributed by atoms with Crippen LogP contribution in [0.3, 0.4) is 0 Å². The number of hydrogen-bond donors (Lipinski definition) is 2. The maximum absolute atomic E-state index is 11.2. The number of anilines is 1. The SMILES string of the molecule is O=C1Nc2ncc(Br)cc2OC1CO. The van der Waals surface area contributed by atoms with Crippen molar-refractivity contribution in [1.82, 2.24) is 4.98 Å². The van der Waals surface area contributed by atoms with Crippen LogP contribution in [0.15, 0.2) is 16.7 Å². The average Bonchev–Trinajstić information content (AvgIpc) is 2.17. The highest BCUT2D eigenvalue weighted by Gasteiger charge is 2.27. The van der Waals surface area contributed by atoms with Crippen LogP contribution in [0.5, 0.6) is 5.75 Å². The summed E-state index contributed by atoms with van der Waals surface area (Å²) < 4.78 is 5.97. The monoisotopic (exact) mass is 258 g/mol. The van der Waals surface area contributed by atoms with Crippen LogP contribution in [0.4, 0.5) is 5.82 Å². The first-order valence-corrected chi connectivity index (χ1v) is 4.74. The van der Waals surface area contributed by atoms with Crippen LogP contribution in [-0.4, -0.2) is 28.7 Å². The van der Waals surface area contributed by atoms with Crippen molar-refractivity contribution in [2.75, 3.05) is 11.9 Å². The lowest BCUT2D eigenvalue weighted by molar-refractivity contribution is -0.125. The van der Waals surface area contributed by atoms with E-state index in [4.69, 9.17) is 9.84 Å². The largest absolute Gasteiger partial charge is 0.474 e. The van der Waals surface area contributed by atoms with Crippen LogP contribution in [0.2, 0.25) is 0 Å². The van der Waals surface area contributed by atoms with Gasteiger partial charge in [-0.15, -0.1) is 0 Å². The number of halogens is 1.